The normalized spacial score (nSPS) is 18.7. The van der Waals surface area contributed by atoms with Crippen LogP contribution in [0.1, 0.15) is 19.8 Å². The van der Waals surface area contributed by atoms with Crippen LogP contribution in [0.3, 0.4) is 0 Å². The molecule has 62 valence electrons. The lowest BCUT2D eigenvalue weighted by molar-refractivity contribution is -0.156. The summed E-state index contributed by atoms with van der Waals surface area (Å²) in [5.41, 5.74) is -0.819. The highest BCUT2D eigenvalue weighted by Gasteiger charge is 2.53. The van der Waals surface area contributed by atoms with E-state index >= 15 is 0 Å². The smallest absolute Gasteiger partial charge is 0.303 e. The Morgan fingerprint density at radius 1 is 1.45 bits per heavy atom. The molecule has 1 rings (SSSR count). The van der Waals surface area contributed by atoms with Crippen LogP contribution in [0.15, 0.2) is 0 Å². The maximum atomic E-state index is 11.0. The minimum absolute atomic E-state index is 0.201. The van der Waals surface area contributed by atoms with E-state index in [9.17, 15) is 9.59 Å². The van der Waals surface area contributed by atoms with Gasteiger partial charge in [0.2, 0.25) is 0 Å². The van der Waals surface area contributed by atoms with Gasteiger partial charge < -0.3 is 10.1 Å². The van der Waals surface area contributed by atoms with E-state index in [0.717, 1.165) is 0 Å². The van der Waals surface area contributed by atoms with E-state index < -0.39 is 11.6 Å². The van der Waals surface area contributed by atoms with Crippen molar-refractivity contribution in [1.29, 1.82) is 0 Å². The van der Waals surface area contributed by atoms with Crippen molar-refractivity contribution >= 4 is 11.9 Å². The van der Waals surface area contributed by atoms with Gasteiger partial charge in [0.15, 0.2) is 5.60 Å². The third-order valence-corrected chi connectivity index (χ3v) is 1.68. The van der Waals surface area contributed by atoms with Crippen molar-refractivity contribution in [3.63, 3.8) is 0 Å². The minimum Gasteiger partial charge on any atom is -0.449 e. The van der Waals surface area contributed by atoms with Crippen LogP contribution in [0.5, 0.6) is 0 Å². The molecule has 1 fully saturated rings. The first-order valence-corrected chi connectivity index (χ1v) is 3.52. The fraction of sp³-hybridized carbons (Fsp3) is 0.714. The van der Waals surface area contributed by atoms with Crippen LogP contribution >= 0.6 is 0 Å². The van der Waals surface area contributed by atoms with Gasteiger partial charge in [-0.25, -0.2) is 0 Å². The highest BCUT2D eigenvalue weighted by atomic mass is 16.6. The Morgan fingerprint density at radius 2 is 2.00 bits per heavy atom. The molecule has 0 aromatic heterocycles. The summed E-state index contributed by atoms with van der Waals surface area (Å²) in [4.78, 5) is 21.6. The fourth-order valence-electron chi connectivity index (χ4n) is 0.992. The minimum atomic E-state index is -0.819. The summed E-state index contributed by atoms with van der Waals surface area (Å²) in [7, 11) is 1.53. The molecule has 4 nitrogen and oxygen atoms in total. The van der Waals surface area contributed by atoms with Gasteiger partial charge in [-0.2, -0.15) is 0 Å². The molecule has 0 unspecified atom stereocenters. The van der Waals surface area contributed by atoms with E-state index in [1.165, 1.54) is 14.0 Å². The molecule has 1 amide bonds. The molecular weight excluding hydrogens is 146 g/mol. The molecule has 11 heavy (non-hydrogen) atoms. The Morgan fingerprint density at radius 3 is 2.27 bits per heavy atom. The number of rotatable bonds is 2. The van der Waals surface area contributed by atoms with Crippen molar-refractivity contribution < 1.29 is 14.3 Å². The summed E-state index contributed by atoms with van der Waals surface area (Å²) in [6, 6.07) is 0. The van der Waals surface area contributed by atoms with Crippen molar-refractivity contribution in [2.24, 2.45) is 0 Å². The lowest BCUT2D eigenvalue weighted by Crippen LogP contribution is -2.37. The van der Waals surface area contributed by atoms with Gasteiger partial charge in [0.05, 0.1) is 0 Å². The zero-order chi connectivity index (χ0) is 8.48. The lowest BCUT2D eigenvalue weighted by Gasteiger charge is -2.12. The second-order valence-electron chi connectivity index (χ2n) is 2.67. The van der Waals surface area contributed by atoms with E-state index in [1.807, 2.05) is 0 Å². The number of carbonyl (C=O) groups excluding carboxylic acids is 2. The van der Waals surface area contributed by atoms with Gasteiger partial charge >= 0.3 is 5.97 Å². The highest BCUT2D eigenvalue weighted by Crippen LogP contribution is 2.39. The molecule has 0 aromatic carbocycles. The average molecular weight is 157 g/mol. The second kappa shape index (κ2) is 2.53. The van der Waals surface area contributed by atoms with Crippen molar-refractivity contribution in [1.82, 2.24) is 5.32 Å². The number of nitrogens with one attached hydrogen (secondary N) is 1. The van der Waals surface area contributed by atoms with Crippen LogP contribution in [0.4, 0.5) is 0 Å². The topological polar surface area (TPSA) is 55.4 Å². The number of amides is 1. The molecule has 0 saturated heterocycles. The maximum absolute atomic E-state index is 11.0. The Kier molecular flexibility index (Phi) is 1.85. The van der Waals surface area contributed by atoms with Crippen LogP contribution in [-0.2, 0) is 14.3 Å². The molecule has 4 heteroatoms. The van der Waals surface area contributed by atoms with Crippen LogP contribution in [0, 0.1) is 0 Å². The van der Waals surface area contributed by atoms with Gasteiger partial charge in [-0.15, -0.1) is 0 Å². The van der Waals surface area contributed by atoms with Crippen LogP contribution in [-0.4, -0.2) is 24.5 Å². The van der Waals surface area contributed by atoms with E-state index in [2.05, 4.69) is 5.32 Å². The Labute approximate surface area is 64.9 Å². The van der Waals surface area contributed by atoms with Crippen LogP contribution in [0.25, 0.3) is 0 Å². The number of hydrogen-bond donors (Lipinski definition) is 1. The van der Waals surface area contributed by atoms with Crippen molar-refractivity contribution in [3.05, 3.63) is 0 Å². The maximum Gasteiger partial charge on any atom is 0.303 e. The molecule has 0 spiro atoms. The summed E-state index contributed by atoms with van der Waals surface area (Å²) in [5.74, 6) is -0.598. The van der Waals surface area contributed by atoms with Crippen molar-refractivity contribution in [3.8, 4) is 0 Å². The summed E-state index contributed by atoms with van der Waals surface area (Å²) < 4.78 is 4.85. The molecule has 0 bridgehead atoms. The van der Waals surface area contributed by atoms with Gasteiger partial charge in [0.1, 0.15) is 0 Å². The Balaban J connectivity index is 2.53. The van der Waals surface area contributed by atoms with E-state index in [-0.39, 0.29) is 5.91 Å². The molecule has 0 radical (unpaired) electrons. The van der Waals surface area contributed by atoms with Crippen molar-refractivity contribution in [2.45, 2.75) is 25.4 Å². The monoisotopic (exact) mass is 157 g/mol. The molecule has 0 heterocycles. The van der Waals surface area contributed by atoms with E-state index in [1.54, 1.807) is 0 Å². The number of likely N-dealkylation sites (N-methyl/N-ethyl adjacent to an activating group) is 1. The Bertz CT molecular complexity index is 196. The quantitative estimate of drug-likeness (QED) is 0.566. The predicted molar refractivity (Wildman–Crippen MR) is 37.8 cm³/mol. The van der Waals surface area contributed by atoms with Gasteiger partial charge in [-0.1, -0.05) is 0 Å². The third kappa shape index (κ3) is 1.50. The zero-order valence-electron chi connectivity index (χ0n) is 6.64. The summed E-state index contributed by atoms with van der Waals surface area (Å²) in [5, 5.41) is 2.46. The number of carbonyl (C=O) groups is 2. The molecule has 1 N–H and O–H groups in total. The largest absolute Gasteiger partial charge is 0.449 e. The molecule has 0 aromatic rings. The van der Waals surface area contributed by atoms with Gasteiger partial charge in [-0.3, -0.25) is 9.59 Å². The summed E-state index contributed by atoms with van der Waals surface area (Å²) >= 11 is 0. The lowest BCUT2D eigenvalue weighted by atomic mass is 10.3. The molecule has 1 aliphatic rings. The molecule has 0 atom stereocenters. The van der Waals surface area contributed by atoms with Crippen LogP contribution in [0.2, 0.25) is 0 Å². The van der Waals surface area contributed by atoms with Crippen molar-refractivity contribution in [2.75, 3.05) is 7.05 Å². The summed E-state index contributed by atoms with van der Waals surface area (Å²) in [6.45, 7) is 1.31. The first-order chi connectivity index (χ1) is 5.10. The SMILES string of the molecule is CNC(=O)C1(OC(C)=O)CC1. The number of esters is 1. The Hall–Kier alpha value is -1.06. The van der Waals surface area contributed by atoms with E-state index in [4.69, 9.17) is 4.74 Å². The summed E-state index contributed by atoms with van der Waals surface area (Å²) in [6.07, 6.45) is 1.29. The molecule has 1 aliphatic carbocycles. The first-order valence-electron chi connectivity index (χ1n) is 3.52. The fourth-order valence-corrected chi connectivity index (χ4v) is 0.992. The van der Waals surface area contributed by atoms with Gasteiger partial charge in [0, 0.05) is 26.8 Å². The average Bonchev–Trinajstić information content (AvgIpc) is 2.67. The molecule has 1 saturated carbocycles. The van der Waals surface area contributed by atoms with Crippen LogP contribution < -0.4 is 5.32 Å². The molecule has 0 aliphatic heterocycles. The third-order valence-electron chi connectivity index (χ3n) is 1.68. The van der Waals surface area contributed by atoms with Gasteiger partial charge in [-0.05, 0) is 0 Å². The highest BCUT2D eigenvalue weighted by molar-refractivity contribution is 5.90. The van der Waals surface area contributed by atoms with Gasteiger partial charge in [0.25, 0.3) is 5.91 Å². The molecular formula is C7H11NO3. The van der Waals surface area contributed by atoms with E-state index in [0.29, 0.717) is 12.8 Å². The zero-order valence-corrected chi connectivity index (χ0v) is 6.64. The standard InChI is InChI=1S/C7H11NO3/c1-5(9)11-7(3-4-7)6(10)8-2/h3-4H2,1-2H3,(H,8,10). The second-order valence-corrected chi connectivity index (χ2v) is 2.67. The number of hydrogen-bond acceptors (Lipinski definition) is 3. The number of ether oxygens (including phenoxy) is 1. The predicted octanol–water partition coefficient (Wildman–Crippen LogP) is -0.172. The first kappa shape index (κ1) is 8.04.